The number of hydrogen-bond donors (Lipinski definition) is 3. The van der Waals surface area contributed by atoms with Gasteiger partial charge in [-0.05, 0) is 35.9 Å². The van der Waals surface area contributed by atoms with Crippen LogP contribution in [0.25, 0.3) is 0 Å². The number of urea groups is 1. The highest BCUT2D eigenvalue weighted by Gasteiger charge is 2.06. The minimum atomic E-state index is -0.315. The molecule has 0 unspecified atom stereocenters. The third-order valence-electron chi connectivity index (χ3n) is 3.13. The molecular formula is C17H19N3O3. The molecular weight excluding hydrogens is 294 g/mol. The first-order valence-electron chi connectivity index (χ1n) is 7.12. The zero-order chi connectivity index (χ0) is 16.7. The Morgan fingerprint density at radius 3 is 2.39 bits per heavy atom. The Kier molecular flexibility index (Phi) is 5.57. The third kappa shape index (κ3) is 5.03. The summed E-state index contributed by atoms with van der Waals surface area (Å²) in [5, 5.41) is 7.93. The van der Waals surface area contributed by atoms with Crippen molar-refractivity contribution < 1.29 is 14.3 Å². The van der Waals surface area contributed by atoms with Crippen LogP contribution in [0.3, 0.4) is 0 Å². The summed E-state index contributed by atoms with van der Waals surface area (Å²) in [5.41, 5.74) is 2.08. The van der Waals surface area contributed by atoms with E-state index in [1.165, 1.54) is 7.05 Å². The van der Waals surface area contributed by atoms with E-state index in [2.05, 4.69) is 16.0 Å². The van der Waals surface area contributed by atoms with Crippen molar-refractivity contribution in [3.8, 4) is 5.75 Å². The number of hydrogen-bond acceptors (Lipinski definition) is 3. The van der Waals surface area contributed by atoms with Crippen LogP contribution in [0.5, 0.6) is 5.75 Å². The summed E-state index contributed by atoms with van der Waals surface area (Å²) in [4.78, 5) is 23.4. The lowest BCUT2D eigenvalue weighted by Gasteiger charge is -2.09. The fourth-order valence-electron chi connectivity index (χ4n) is 2.04. The van der Waals surface area contributed by atoms with Crippen LogP contribution in [0.15, 0.2) is 48.5 Å². The van der Waals surface area contributed by atoms with Gasteiger partial charge in [0, 0.05) is 18.4 Å². The Bertz CT molecular complexity index is 701. The van der Waals surface area contributed by atoms with Crippen molar-refractivity contribution >= 4 is 23.3 Å². The number of nitrogens with one attached hydrogen (secondary N) is 3. The summed E-state index contributed by atoms with van der Waals surface area (Å²) < 4.78 is 5.14. The predicted molar refractivity (Wildman–Crippen MR) is 89.8 cm³/mol. The number of carbonyl (C=O) groups excluding carboxylic acids is 2. The second kappa shape index (κ2) is 7.84. The average molecular weight is 313 g/mol. The second-order valence-electron chi connectivity index (χ2n) is 4.86. The lowest BCUT2D eigenvalue weighted by Crippen LogP contribution is -2.24. The van der Waals surface area contributed by atoms with Gasteiger partial charge in [0.2, 0.25) is 5.91 Å². The zero-order valence-electron chi connectivity index (χ0n) is 13.1. The largest absolute Gasteiger partial charge is 0.497 e. The van der Waals surface area contributed by atoms with E-state index >= 15 is 0 Å². The second-order valence-corrected chi connectivity index (χ2v) is 4.86. The van der Waals surface area contributed by atoms with Crippen LogP contribution in [-0.2, 0) is 11.2 Å². The van der Waals surface area contributed by atoms with E-state index in [0.29, 0.717) is 17.1 Å². The number of amides is 3. The molecule has 0 heterocycles. The number of methoxy groups -OCH3 is 1. The lowest BCUT2D eigenvalue weighted by atomic mass is 10.1. The number of anilines is 2. The molecule has 2 rings (SSSR count). The highest BCUT2D eigenvalue weighted by Crippen LogP contribution is 2.17. The number of rotatable bonds is 5. The molecule has 0 saturated heterocycles. The number of benzene rings is 2. The van der Waals surface area contributed by atoms with Crippen molar-refractivity contribution in [2.75, 3.05) is 24.8 Å². The van der Waals surface area contributed by atoms with Gasteiger partial charge in [0.05, 0.1) is 13.5 Å². The summed E-state index contributed by atoms with van der Waals surface area (Å²) in [7, 11) is 3.12. The molecule has 0 aromatic heterocycles. The van der Waals surface area contributed by atoms with Crippen molar-refractivity contribution in [1.82, 2.24) is 5.32 Å². The van der Waals surface area contributed by atoms with Crippen LogP contribution >= 0.6 is 0 Å². The predicted octanol–water partition coefficient (Wildman–Crippen LogP) is 2.63. The maximum absolute atomic E-state index is 12.1. The molecule has 0 fully saturated rings. The molecule has 23 heavy (non-hydrogen) atoms. The summed E-state index contributed by atoms with van der Waals surface area (Å²) in [5.74, 6) is 0.572. The van der Waals surface area contributed by atoms with Crippen LogP contribution < -0.4 is 20.7 Å². The van der Waals surface area contributed by atoms with Gasteiger partial charge in [0.15, 0.2) is 0 Å². The molecule has 3 amide bonds. The van der Waals surface area contributed by atoms with Gasteiger partial charge in [0.1, 0.15) is 5.75 Å². The first kappa shape index (κ1) is 16.4. The Hall–Kier alpha value is -3.02. The molecule has 0 spiro atoms. The van der Waals surface area contributed by atoms with Crippen molar-refractivity contribution in [1.29, 1.82) is 0 Å². The van der Waals surface area contributed by atoms with Gasteiger partial charge in [-0.2, -0.15) is 0 Å². The first-order chi connectivity index (χ1) is 11.1. The molecule has 0 radical (unpaired) electrons. The molecule has 0 aliphatic heterocycles. The Morgan fingerprint density at radius 2 is 1.70 bits per heavy atom. The van der Waals surface area contributed by atoms with Crippen molar-refractivity contribution in [3.05, 3.63) is 54.1 Å². The van der Waals surface area contributed by atoms with Gasteiger partial charge in [-0.1, -0.05) is 18.2 Å². The maximum Gasteiger partial charge on any atom is 0.318 e. The summed E-state index contributed by atoms with van der Waals surface area (Å²) in [6.07, 6.45) is 0.240. The Balaban J connectivity index is 1.99. The van der Waals surface area contributed by atoms with E-state index in [-0.39, 0.29) is 18.4 Å². The average Bonchev–Trinajstić information content (AvgIpc) is 2.55. The van der Waals surface area contributed by atoms with E-state index < -0.39 is 0 Å². The highest BCUT2D eigenvalue weighted by molar-refractivity contribution is 5.94. The normalized spacial score (nSPS) is 9.83. The molecule has 0 bridgehead atoms. The smallest absolute Gasteiger partial charge is 0.318 e. The Morgan fingerprint density at radius 1 is 1.00 bits per heavy atom. The standard InChI is InChI=1S/C17H19N3O3/c1-18-17(22)20-14-7-4-6-13(11-14)19-16(21)10-12-5-3-8-15(9-12)23-2/h3-9,11H,10H2,1-2H3,(H,19,21)(H2,18,20,22). The third-order valence-corrected chi connectivity index (χ3v) is 3.13. The number of carbonyl (C=O) groups is 2. The van der Waals surface area contributed by atoms with Crippen LogP contribution in [0.1, 0.15) is 5.56 Å². The van der Waals surface area contributed by atoms with Gasteiger partial charge in [0.25, 0.3) is 0 Å². The first-order valence-corrected chi connectivity index (χ1v) is 7.12. The summed E-state index contributed by atoms with van der Waals surface area (Å²) in [6, 6.07) is 14.0. The van der Waals surface area contributed by atoms with Crippen LogP contribution in [0.2, 0.25) is 0 Å². The molecule has 0 atom stereocenters. The maximum atomic E-state index is 12.1. The molecule has 120 valence electrons. The van der Waals surface area contributed by atoms with Crippen molar-refractivity contribution in [2.45, 2.75) is 6.42 Å². The summed E-state index contributed by atoms with van der Waals surface area (Å²) in [6.45, 7) is 0. The number of ether oxygens (including phenoxy) is 1. The molecule has 0 aliphatic carbocycles. The van der Waals surface area contributed by atoms with Gasteiger partial charge in [-0.3, -0.25) is 4.79 Å². The monoisotopic (exact) mass is 313 g/mol. The van der Waals surface area contributed by atoms with Gasteiger partial charge >= 0.3 is 6.03 Å². The zero-order valence-corrected chi connectivity index (χ0v) is 13.1. The van der Waals surface area contributed by atoms with E-state index in [9.17, 15) is 9.59 Å². The van der Waals surface area contributed by atoms with Crippen molar-refractivity contribution in [3.63, 3.8) is 0 Å². The van der Waals surface area contributed by atoms with Gasteiger partial charge < -0.3 is 20.7 Å². The van der Waals surface area contributed by atoms with Crippen LogP contribution in [0, 0.1) is 0 Å². The minimum absolute atomic E-state index is 0.143. The highest BCUT2D eigenvalue weighted by atomic mass is 16.5. The SMILES string of the molecule is CNC(=O)Nc1cccc(NC(=O)Cc2cccc(OC)c2)c1. The molecule has 2 aromatic carbocycles. The molecule has 3 N–H and O–H groups in total. The fourth-order valence-corrected chi connectivity index (χ4v) is 2.04. The molecule has 2 aromatic rings. The molecule has 0 aliphatic rings. The van der Waals surface area contributed by atoms with Crippen molar-refractivity contribution in [2.24, 2.45) is 0 Å². The minimum Gasteiger partial charge on any atom is -0.497 e. The van der Waals surface area contributed by atoms with Gasteiger partial charge in [-0.25, -0.2) is 4.79 Å². The topological polar surface area (TPSA) is 79.5 Å². The lowest BCUT2D eigenvalue weighted by molar-refractivity contribution is -0.115. The van der Waals surface area contributed by atoms with E-state index in [1.807, 2.05) is 24.3 Å². The molecule has 6 nitrogen and oxygen atoms in total. The molecule has 0 saturated carbocycles. The Labute approximate surface area is 134 Å². The van der Waals surface area contributed by atoms with E-state index in [0.717, 1.165) is 5.56 Å². The molecule has 6 heteroatoms. The van der Waals surface area contributed by atoms with Crippen LogP contribution in [0.4, 0.5) is 16.2 Å². The summed E-state index contributed by atoms with van der Waals surface area (Å²) >= 11 is 0. The fraction of sp³-hybridized carbons (Fsp3) is 0.176. The van der Waals surface area contributed by atoms with Crippen LogP contribution in [-0.4, -0.2) is 26.1 Å². The van der Waals surface area contributed by atoms with E-state index in [4.69, 9.17) is 4.74 Å². The van der Waals surface area contributed by atoms with E-state index in [1.54, 1.807) is 31.4 Å². The quantitative estimate of drug-likeness (QED) is 0.794. The van der Waals surface area contributed by atoms with Gasteiger partial charge in [-0.15, -0.1) is 0 Å².